The molecule has 2 amide bonds. The van der Waals surface area contributed by atoms with Crippen LogP contribution in [0.2, 0.25) is 0 Å². The van der Waals surface area contributed by atoms with Crippen molar-refractivity contribution >= 4 is 17.8 Å². The zero-order chi connectivity index (χ0) is 12.7. The van der Waals surface area contributed by atoms with Gasteiger partial charge < -0.3 is 15.4 Å². The fourth-order valence-corrected chi connectivity index (χ4v) is 2.68. The van der Waals surface area contributed by atoms with Crippen LogP contribution in [0.25, 0.3) is 0 Å². The summed E-state index contributed by atoms with van der Waals surface area (Å²) in [6, 6.07) is 0.395. The van der Waals surface area contributed by atoms with Gasteiger partial charge in [0, 0.05) is 30.4 Å². The second-order valence-electron chi connectivity index (χ2n) is 4.59. The molecule has 0 aromatic rings. The first-order valence-corrected chi connectivity index (χ1v) is 7.70. The van der Waals surface area contributed by atoms with Gasteiger partial charge in [0.15, 0.2) is 0 Å². The van der Waals surface area contributed by atoms with Crippen LogP contribution in [0.15, 0.2) is 0 Å². The molecule has 0 spiro atoms. The lowest BCUT2D eigenvalue weighted by atomic mass is 10.0. The minimum atomic E-state index is -0.0506. The maximum absolute atomic E-state index is 11.8. The third-order valence-corrected chi connectivity index (χ3v) is 3.96. The van der Waals surface area contributed by atoms with Crippen molar-refractivity contribution < 1.29 is 9.53 Å². The van der Waals surface area contributed by atoms with Crippen LogP contribution in [0.1, 0.15) is 26.7 Å². The minimum Gasteiger partial charge on any atom is -0.381 e. The highest BCUT2D eigenvalue weighted by Crippen LogP contribution is 2.16. The number of ether oxygens (including phenoxy) is 1. The van der Waals surface area contributed by atoms with Gasteiger partial charge in [-0.25, -0.2) is 4.79 Å². The molecule has 1 aliphatic rings. The molecular weight excluding hydrogens is 236 g/mol. The molecule has 0 aliphatic carbocycles. The quantitative estimate of drug-likeness (QED) is 0.766. The number of thioether (sulfide) groups is 1. The van der Waals surface area contributed by atoms with Crippen LogP contribution in [0.4, 0.5) is 4.79 Å². The molecule has 3 unspecified atom stereocenters. The number of hydrogen-bond donors (Lipinski definition) is 2. The zero-order valence-corrected chi connectivity index (χ0v) is 11.8. The first-order valence-electron chi connectivity index (χ1n) is 6.31. The van der Waals surface area contributed by atoms with Gasteiger partial charge in [-0.15, -0.1) is 0 Å². The van der Waals surface area contributed by atoms with E-state index in [0.717, 1.165) is 31.8 Å². The number of urea groups is 1. The zero-order valence-electron chi connectivity index (χ0n) is 11.0. The molecule has 1 aliphatic heterocycles. The Labute approximate surface area is 108 Å². The molecule has 5 heteroatoms. The smallest absolute Gasteiger partial charge is 0.315 e. The number of carbonyl (C=O) groups excluding carboxylic acids is 1. The van der Waals surface area contributed by atoms with E-state index in [4.69, 9.17) is 4.74 Å². The number of nitrogens with one attached hydrogen (secondary N) is 2. The fraction of sp³-hybridized carbons (Fsp3) is 0.917. The lowest BCUT2D eigenvalue weighted by molar-refractivity contribution is 0.177. The Morgan fingerprint density at radius 1 is 1.53 bits per heavy atom. The van der Waals surface area contributed by atoms with Crippen LogP contribution in [0, 0.1) is 5.92 Å². The van der Waals surface area contributed by atoms with Gasteiger partial charge in [0.2, 0.25) is 0 Å². The lowest BCUT2D eigenvalue weighted by Crippen LogP contribution is -2.48. The van der Waals surface area contributed by atoms with Crippen molar-refractivity contribution in [1.82, 2.24) is 10.6 Å². The van der Waals surface area contributed by atoms with Gasteiger partial charge in [-0.3, -0.25) is 0 Å². The van der Waals surface area contributed by atoms with E-state index in [1.807, 2.05) is 0 Å². The summed E-state index contributed by atoms with van der Waals surface area (Å²) in [5, 5.41) is 6.02. The van der Waals surface area contributed by atoms with Gasteiger partial charge in [-0.05, 0) is 26.0 Å². The topological polar surface area (TPSA) is 50.4 Å². The number of carbonyl (C=O) groups is 1. The summed E-state index contributed by atoms with van der Waals surface area (Å²) < 4.78 is 5.33. The Balaban J connectivity index is 2.27. The SMILES string of the molecule is CCC(CSC)NC(=O)NC(C)C1CCOC1. The second-order valence-corrected chi connectivity index (χ2v) is 5.50. The first kappa shape index (κ1) is 14.6. The molecule has 0 aromatic heterocycles. The highest BCUT2D eigenvalue weighted by molar-refractivity contribution is 7.98. The number of amides is 2. The maximum Gasteiger partial charge on any atom is 0.315 e. The summed E-state index contributed by atoms with van der Waals surface area (Å²) in [7, 11) is 0. The molecule has 0 aromatic carbocycles. The van der Waals surface area contributed by atoms with E-state index >= 15 is 0 Å². The molecule has 2 N–H and O–H groups in total. The summed E-state index contributed by atoms with van der Waals surface area (Å²) in [6.45, 7) is 5.73. The second kappa shape index (κ2) is 7.82. The summed E-state index contributed by atoms with van der Waals surface area (Å²) in [4.78, 5) is 11.8. The van der Waals surface area contributed by atoms with Gasteiger partial charge in [0.1, 0.15) is 0 Å². The predicted molar refractivity (Wildman–Crippen MR) is 72.5 cm³/mol. The molecule has 1 heterocycles. The molecule has 0 radical (unpaired) electrons. The van der Waals surface area contributed by atoms with E-state index in [1.165, 1.54) is 0 Å². The van der Waals surface area contributed by atoms with Crippen molar-refractivity contribution in [3.63, 3.8) is 0 Å². The highest BCUT2D eigenvalue weighted by atomic mass is 32.2. The molecule has 4 nitrogen and oxygen atoms in total. The van der Waals surface area contributed by atoms with Crippen molar-refractivity contribution in [2.24, 2.45) is 5.92 Å². The third kappa shape index (κ3) is 5.17. The lowest BCUT2D eigenvalue weighted by Gasteiger charge is -2.22. The minimum absolute atomic E-state index is 0.0506. The third-order valence-electron chi connectivity index (χ3n) is 3.23. The molecule has 3 atom stereocenters. The normalized spacial score (nSPS) is 23.1. The van der Waals surface area contributed by atoms with Gasteiger partial charge in [0.25, 0.3) is 0 Å². The molecule has 0 saturated carbocycles. The Kier molecular flexibility index (Phi) is 6.73. The van der Waals surface area contributed by atoms with E-state index in [-0.39, 0.29) is 18.1 Å². The Morgan fingerprint density at radius 3 is 2.82 bits per heavy atom. The molecule has 100 valence electrons. The summed E-state index contributed by atoms with van der Waals surface area (Å²) >= 11 is 1.76. The van der Waals surface area contributed by atoms with E-state index in [1.54, 1.807) is 11.8 Å². The van der Waals surface area contributed by atoms with Crippen LogP contribution in [-0.2, 0) is 4.74 Å². The van der Waals surface area contributed by atoms with Crippen molar-refractivity contribution in [3.05, 3.63) is 0 Å². The van der Waals surface area contributed by atoms with Crippen LogP contribution < -0.4 is 10.6 Å². The van der Waals surface area contributed by atoms with Crippen LogP contribution in [-0.4, -0.2) is 43.3 Å². The van der Waals surface area contributed by atoms with Gasteiger partial charge in [0.05, 0.1) is 6.61 Å². The summed E-state index contributed by atoms with van der Waals surface area (Å²) in [5.74, 6) is 1.42. The van der Waals surface area contributed by atoms with E-state index in [2.05, 4.69) is 30.7 Å². The van der Waals surface area contributed by atoms with Gasteiger partial charge >= 0.3 is 6.03 Å². The molecule has 1 rings (SSSR count). The highest BCUT2D eigenvalue weighted by Gasteiger charge is 2.23. The van der Waals surface area contributed by atoms with E-state index in [0.29, 0.717) is 5.92 Å². The van der Waals surface area contributed by atoms with Crippen LogP contribution in [0.5, 0.6) is 0 Å². The fourth-order valence-electron chi connectivity index (χ4n) is 1.96. The Hall–Kier alpha value is -0.420. The predicted octanol–water partition coefficient (Wildman–Crippen LogP) is 1.85. The van der Waals surface area contributed by atoms with E-state index < -0.39 is 0 Å². The number of rotatable bonds is 6. The van der Waals surface area contributed by atoms with Crippen molar-refractivity contribution in [2.45, 2.75) is 38.8 Å². The molecule has 1 fully saturated rings. The summed E-state index contributed by atoms with van der Waals surface area (Å²) in [5.41, 5.74) is 0. The van der Waals surface area contributed by atoms with Crippen LogP contribution in [0.3, 0.4) is 0 Å². The molecular formula is C12H24N2O2S. The Bertz CT molecular complexity index is 233. The standard InChI is InChI=1S/C12H24N2O2S/c1-4-11(8-17-3)14-12(15)13-9(2)10-5-6-16-7-10/h9-11H,4-8H2,1-3H3,(H2,13,14,15). The first-order chi connectivity index (χ1) is 8.17. The largest absolute Gasteiger partial charge is 0.381 e. The average molecular weight is 260 g/mol. The molecule has 0 bridgehead atoms. The molecule has 17 heavy (non-hydrogen) atoms. The van der Waals surface area contributed by atoms with Gasteiger partial charge in [-0.1, -0.05) is 6.92 Å². The molecule has 1 saturated heterocycles. The van der Waals surface area contributed by atoms with Crippen molar-refractivity contribution in [3.8, 4) is 0 Å². The van der Waals surface area contributed by atoms with Crippen LogP contribution >= 0.6 is 11.8 Å². The summed E-state index contributed by atoms with van der Waals surface area (Å²) in [6.07, 6.45) is 4.07. The van der Waals surface area contributed by atoms with Gasteiger partial charge in [-0.2, -0.15) is 11.8 Å². The van der Waals surface area contributed by atoms with E-state index in [9.17, 15) is 4.79 Å². The van der Waals surface area contributed by atoms with Crippen molar-refractivity contribution in [2.75, 3.05) is 25.2 Å². The Morgan fingerprint density at radius 2 is 2.29 bits per heavy atom. The maximum atomic E-state index is 11.8. The van der Waals surface area contributed by atoms with Crippen molar-refractivity contribution in [1.29, 1.82) is 0 Å². The monoisotopic (exact) mass is 260 g/mol. The average Bonchev–Trinajstić information content (AvgIpc) is 2.81. The number of hydrogen-bond acceptors (Lipinski definition) is 3.